The summed E-state index contributed by atoms with van der Waals surface area (Å²) in [7, 11) is 1.64. The molecule has 0 aliphatic carbocycles. The molecule has 3 aromatic rings. The predicted molar refractivity (Wildman–Crippen MR) is 169 cm³/mol. The van der Waals surface area contributed by atoms with Crippen molar-refractivity contribution in [3.8, 4) is 22.8 Å². The van der Waals surface area contributed by atoms with Gasteiger partial charge in [-0.15, -0.1) is 10.2 Å². The lowest BCUT2D eigenvalue weighted by Gasteiger charge is -2.40. The van der Waals surface area contributed by atoms with Crippen LogP contribution in [0.15, 0.2) is 53.7 Å². The van der Waals surface area contributed by atoms with E-state index in [0.717, 1.165) is 35.7 Å². The number of nitrogens with zero attached hydrogens (tertiary/aromatic N) is 5. The maximum absolute atomic E-state index is 13.3. The number of rotatable bonds is 14. The van der Waals surface area contributed by atoms with Gasteiger partial charge in [0.2, 0.25) is 11.8 Å². The number of carbonyl (C=O) groups is 2. The normalized spacial score (nSPS) is 15.2. The van der Waals surface area contributed by atoms with Crippen LogP contribution >= 0.6 is 11.8 Å². The van der Waals surface area contributed by atoms with Gasteiger partial charge in [-0.05, 0) is 44.5 Å². The summed E-state index contributed by atoms with van der Waals surface area (Å²) in [4.78, 5) is 30.0. The van der Waals surface area contributed by atoms with Crippen molar-refractivity contribution in [1.82, 2.24) is 24.6 Å². The number of carbonyl (C=O) groups excluding carboxylic acids is 2. The number of amides is 2. The average molecular weight is 592 g/mol. The molecule has 1 unspecified atom stereocenters. The van der Waals surface area contributed by atoms with Gasteiger partial charge in [-0.1, -0.05) is 87.0 Å². The Balaban J connectivity index is 1.34. The number of hydrogen-bond donors (Lipinski definition) is 0. The highest BCUT2D eigenvalue weighted by molar-refractivity contribution is 7.99. The highest BCUT2D eigenvalue weighted by atomic mass is 32.2. The molecule has 2 heterocycles. The van der Waals surface area contributed by atoms with Crippen molar-refractivity contribution < 1.29 is 14.3 Å². The summed E-state index contributed by atoms with van der Waals surface area (Å²) >= 11 is 1.39. The van der Waals surface area contributed by atoms with Gasteiger partial charge in [0.25, 0.3) is 0 Å². The van der Waals surface area contributed by atoms with E-state index in [1.54, 1.807) is 7.11 Å². The van der Waals surface area contributed by atoms with Crippen LogP contribution < -0.4 is 4.74 Å². The van der Waals surface area contributed by atoms with Crippen LogP contribution in [0.25, 0.3) is 17.1 Å². The van der Waals surface area contributed by atoms with Crippen molar-refractivity contribution in [3.05, 3.63) is 54.1 Å². The van der Waals surface area contributed by atoms with Gasteiger partial charge in [0.05, 0.1) is 12.9 Å². The molecule has 42 heavy (non-hydrogen) atoms. The molecule has 226 valence electrons. The minimum Gasteiger partial charge on any atom is -0.497 e. The lowest BCUT2D eigenvalue weighted by atomic mass is 10.1. The summed E-state index contributed by atoms with van der Waals surface area (Å²) in [6.45, 7) is 8.03. The number of benzene rings is 2. The van der Waals surface area contributed by atoms with Gasteiger partial charge in [-0.3, -0.25) is 14.2 Å². The van der Waals surface area contributed by atoms with E-state index < -0.39 is 0 Å². The number of hydrogen-bond acceptors (Lipinski definition) is 6. The SMILES string of the molecule is CCCCCCCCCC(=O)N1CCN(C(=O)CSc2nnc(-c3ccc(C)cc3)n2-c2ccc(OC)cc2)CC1C. The van der Waals surface area contributed by atoms with Crippen LogP contribution in [0.3, 0.4) is 0 Å². The monoisotopic (exact) mass is 591 g/mol. The molecule has 0 N–H and O–H groups in total. The molecule has 8 nitrogen and oxygen atoms in total. The number of piperazine rings is 1. The minimum atomic E-state index is 0.0147. The molecule has 1 aromatic heterocycles. The third-order valence-electron chi connectivity index (χ3n) is 7.89. The fourth-order valence-corrected chi connectivity index (χ4v) is 6.22. The van der Waals surface area contributed by atoms with Crippen LogP contribution in [0.5, 0.6) is 5.75 Å². The number of thioether (sulfide) groups is 1. The van der Waals surface area contributed by atoms with Crippen molar-refractivity contribution in [2.24, 2.45) is 0 Å². The van der Waals surface area contributed by atoms with Gasteiger partial charge in [0.1, 0.15) is 5.75 Å². The van der Waals surface area contributed by atoms with Gasteiger partial charge in [0, 0.05) is 43.3 Å². The third kappa shape index (κ3) is 8.37. The predicted octanol–water partition coefficient (Wildman–Crippen LogP) is 6.54. The van der Waals surface area contributed by atoms with Crippen LogP contribution in [0.2, 0.25) is 0 Å². The van der Waals surface area contributed by atoms with Gasteiger partial charge in [-0.25, -0.2) is 0 Å². The standard InChI is InChI=1S/C33H45N5O3S/c1-5-6-7-8-9-10-11-12-30(39)37-22-21-36(23-26(37)3)31(40)24-42-33-35-34-32(27-15-13-25(2)14-16-27)38(33)28-17-19-29(41-4)20-18-28/h13-20,26H,5-12,21-24H2,1-4H3. The number of methoxy groups -OCH3 is 1. The molecule has 1 saturated heterocycles. The number of ether oxygens (including phenoxy) is 1. The summed E-state index contributed by atoms with van der Waals surface area (Å²) in [5.74, 6) is 2.00. The Bertz CT molecular complexity index is 1290. The van der Waals surface area contributed by atoms with Crippen molar-refractivity contribution in [2.75, 3.05) is 32.5 Å². The summed E-state index contributed by atoms with van der Waals surface area (Å²) in [6, 6.07) is 15.9. The molecule has 0 radical (unpaired) electrons. The Kier molecular flexibility index (Phi) is 11.9. The second kappa shape index (κ2) is 15.8. The number of aryl methyl sites for hydroxylation is 1. The van der Waals surface area contributed by atoms with Gasteiger partial charge in [-0.2, -0.15) is 0 Å². The smallest absolute Gasteiger partial charge is 0.233 e. The zero-order valence-corrected chi connectivity index (χ0v) is 26.4. The molecule has 2 amide bonds. The van der Waals surface area contributed by atoms with E-state index in [2.05, 4.69) is 36.2 Å². The van der Waals surface area contributed by atoms with Gasteiger partial charge < -0.3 is 14.5 Å². The lowest BCUT2D eigenvalue weighted by Crippen LogP contribution is -2.55. The molecule has 1 fully saturated rings. The first-order valence-electron chi connectivity index (χ1n) is 15.3. The van der Waals surface area contributed by atoms with E-state index in [9.17, 15) is 9.59 Å². The maximum Gasteiger partial charge on any atom is 0.233 e. The lowest BCUT2D eigenvalue weighted by molar-refractivity contribution is -0.141. The highest BCUT2D eigenvalue weighted by Crippen LogP contribution is 2.29. The number of unbranched alkanes of at least 4 members (excludes halogenated alkanes) is 6. The Hall–Kier alpha value is -3.33. The zero-order valence-electron chi connectivity index (χ0n) is 25.6. The largest absolute Gasteiger partial charge is 0.497 e. The van der Waals surface area contributed by atoms with Gasteiger partial charge >= 0.3 is 0 Å². The van der Waals surface area contributed by atoms with E-state index in [-0.39, 0.29) is 23.6 Å². The van der Waals surface area contributed by atoms with Crippen LogP contribution in [0, 0.1) is 6.92 Å². The Morgan fingerprint density at radius 1 is 0.905 bits per heavy atom. The van der Waals surface area contributed by atoms with Crippen LogP contribution in [-0.4, -0.2) is 74.9 Å². The second-order valence-electron chi connectivity index (χ2n) is 11.1. The van der Waals surface area contributed by atoms with E-state index in [1.165, 1.54) is 49.4 Å². The second-order valence-corrected chi connectivity index (χ2v) is 12.1. The first-order valence-corrected chi connectivity index (χ1v) is 16.3. The molecule has 2 aromatic carbocycles. The molecule has 9 heteroatoms. The molecular weight excluding hydrogens is 546 g/mol. The van der Waals surface area contributed by atoms with E-state index in [4.69, 9.17) is 4.74 Å². The molecule has 0 saturated carbocycles. The topological polar surface area (TPSA) is 80.6 Å². The third-order valence-corrected chi connectivity index (χ3v) is 8.81. The van der Waals surface area contributed by atoms with E-state index >= 15 is 0 Å². The molecule has 1 atom stereocenters. The molecular formula is C33H45N5O3S. The Morgan fingerprint density at radius 3 is 2.26 bits per heavy atom. The molecule has 1 aliphatic heterocycles. The first kappa shape index (κ1) is 31.6. The maximum atomic E-state index is 13.3. The summed E-state index contributed by atoms with van der Waals surface area (Å²) < 4.78 is 7.33. The van der Waals surface area contributed by atoms with Crippen molar-refractivity contribution >= 4 is 23.6 Å². The minimum absolute atomic E-state index is 0.0147. The fraction of sp³-hybridized carbons (Fsp3) is 0.515. The average Bonchev–Trinajstić information content (AvgIpc) is 3.43. The zero-order chi connectivity index (χ0) is 29.9. The molecule has 4 rings (SSSR count). The quantitative estimate of drug-likeness (QED) is 0.156. The van der Waals surface area contributed by atoms with Crippen LogP contribution in [0.4, 0.5) is 0 Å². The molecule has 1 aliphatic rings. The Morgan fingerprint density at radius 2 is 1.60 bits per heavy atom. The highest BCUT2D eigenvalue weighted by Gasteiger charge is 2.29. The van der Waals surface area contributed by atoms with Crippen molar-refractivity contribution in [1.29, 1.82) is 0 Å². The summed E-state index contributed by atoms with van der Waals surface area (Å²) in [6.07, 6.45) is 9.00. The number of aromatic nitrogens is 3. The van der Waals surface area contributed by atoms with Gasteiger partial charge in [0.15, 0.2) is 11.0 Å². The van der Waals surface area contributed by atoms with Crippen molar-refractivity contribution in [2.45, 2.75) is 83.3 Å². The van der Waals surface area contributed by atoms with Crippen LogP contribution in [-0.2, 0) is 9.59 Å². The molecule has 0 bridgehead atoms. The summed E-state index contributed by atoms with van der Waals surface area (Å²) in [5.41, 5.74) is 3.02. The summed E-state index contributed by atoms with van der Waals surface area (Å²) in [5, 5.41) is 9.64. The first-order chi connectivity index (χ1) is 20.4. The molecule has 0 spiro atoms. The van der Waals surface area contributed by atoms with Crippen LogP contribution in [0.1, 0.15) is 70.8 Å². The van der Waals surface area contributed by atoms with E-state index in [0.29, 0.717) is 31.2 Å². The Labute approximate surface area is 254 Å². The van der Waals surface area contributed by atoms with Crippen molar-refractivity contribution in [3.63, 3.8) is 0 Å². The van der Waals surface area contributed by atoms with E-state index in [1.807, 2.05) is 57.7 Å². The fourth-order valence-electron chi connectivity index (χ4n) is 5.37.